The summed E-state index contributed by atoms with van der Waals surface area (Å²) in [6.07, 6.45) is 9.94. The summed E-state index contributed by atoms with van der Waals surface area (Å²) in [4.78, 5) is 36.1. The minimum Gasteiger partial charge on any atom is -0.422 e. The lowest BCUT2D eigenvalue weighted by Gasteiger charge is -2.05. The minimum absolute atomic E-state index is 0.107. The molecule has 1 heterocycles. The van der Waals surface area contributed by atoms with Gasteiger partial charge < -0.3 is 10.1 Å². The number of carbonyl (C=O) groups excluding carboxylic acids is 3. The van der Waals surface area contributed by atoms with E-state index in [-0.39, 0.29) is 12.5 Å². The van der Waals surface area contributed by atoms with Crippen LogP contribution in [0.1, 0.15) is 73.5 Å². The van der Waals surface area contributed by atoms with Crippen LogP contribution in [-0.2, 0) is 9.59 Å². The molecule has 0 unspecified atom stereocenters. The van der Waals surface area contributed by atoms with Gasteiger partial charge in [0.15, 0.2) is 0 Å². The summed E-state index contributed by atoms with van der Waals surface area (Å²) < 4.78 is 5.28. The third kappa shape index (κ3) is 10.3. The van der Waals surface area contributed by atoms with Gasteiger partial charge >= 0.3 is 5.97 Å². The van der Waals surface area contributed by atoms with Gasteiger partial charge in [0.2, 0.25) is 5.91 Å². The van der Waals surface area contributed by atoms with Crippen LogP contribution in [0.5, 0.6) is 5.75 Å². The van der Waals surface area contributed by atoms with E-state index in [9.17, 15) is 14.4 Å². The van der Waals surface area contributed by atoms with Gasteiger partial charge in [0.25, 0.3) is 5.91 Å². The molecule has 0 saturated carbocycles. The molecule has 2 N–H and O–H groups in total. The second kappa shape index (κ2) is 14.9. The number of benzene rings is 1. The van der Waals surface area contributed by atoms with Crippen molar-refractivity contribution >= 4 is 35.3 Å². The largest absolute Gasteiger partial charge is 0.422 e. The molecule has 1 aromatic heterocycles. The molecule has 0 aliphatic heterocycles. The van der Waals surface area contributed by atoms with E-state index in [0.29, 0.717) is 17.0 Å². The molecule has 0 fully saturated rings. The highest BCUT2D eigenvalue weighted by atomic mass is 32.1. The van der Waals surface area contributed by atoms with Crippen molar-refractivity contribution in [3.8, 4) is 5.75 Å². The first kappa shape index (κ1) is 25.3. The number of unbranched alkanes of at least 4 members (excludes halogenated alkanes) is 6. The summed E-state index contributed by atoms with van der Waals surface area (Å²) in [6, 6.07) is 10.2. The maximum atomic E-state index is 11.9. The lowest BCUT2D eigenvalue weighted by atomic mass is 10.1. The molecule has 8 heteroatoms. The Morgan fingerprint density at radius 1 is 0.969 bits per heavy atom. The topological polar surface area (TPSA) is 96.9 Å². The molecule has 0 aliphatic carbocycles. The smallest absolute Gasteiger partial charge is 0.353 e. The van der Waals surface area contributed by atoms with Crippen LogP contribution in [0, 0.1) is 0 Å². The number of ether oxygens (including phenoxy) is 1. The molecule has 1 aromatic carbocycles. The molecule has 32 heavy (non-hydrogen) atoms. The fraction of sp³-hybridized carbons (Fsp3) is 0.417. The predicted molar refractivity (Wildman–Crippen MR) is 127 cm³/mol. The summed E-state index contributed by atoms with van der Waals surface area (Å²) in [5.74, 6) is -0.489. The quantitative estimate of drug-likeness (QED) is 0.142. The van der Waals surface area contributed by atoms with Crippen molar-refractivity contribution < 1.29 is 19.1 Å². The van der Waals surface area contributed by atoms with E-state index in [1.54, 1.807) is 36.4 Å². The van der Waals surface area contributed by atoms with E-state index in [0.717, 1.165) is 24.8 Å². The molecule has 2 amide bonds. The van der Waals surface area contributed by atoms with E-state index in [2.05, 4.69) is 22.8 Å². The Labute approximate surface area is 193 Å². The van der Waals surface area contributed by atoms with E-state index >= 15 is 0 Å². The number of esters is 1. The summed E-state index contributed by atoms with van der Waals surface area (Å²) >= 11 is 1.32. The van der Waals surface area contributed by atoms with Gasteiger partial charge in [-0.25, -0.2) is 10.2 Å². The van der Waals surface area contributed by atoms with Crippen LogP contribution in [0.4, 0.5) is 0 Å². The maximum Gasteiger partial charge on any atom is 0.353 e. The summed E-state index contributed by atoms with van der Waals surface area (Å²) in [5, 5.41) is 8.30. The number of hydrogen-bond acceptors (Lipinski definition) is 6. The fourth-order valence-corrected chi connectivity index (χ4v) is 3.50. The molecule has 0 bridgehead atoms. The van der Waals surface area contributed by atoms with E-state index < -0.39 is 11.9 Å². The van der Waals surface area contributed by atoms with Crippen molar-refractivity contribution in [3.05, 3.63) is 52.2 Å². The molecule has 7 nitrogen and oxygen atoms in total. The van der Waals surface area contributed by atoms with Crippen LogP contribution < -0.4 is 15.5 Å². The second-order valence-electron chi connectivity index (χ2n) is 7.38. The Hall–Kier alpha value is -3.00. The van der Waals surface area contributed by atoms with Crippen molar-refractivity contribution in [3.63, 3.8) is 0 Å². The van der Waals surface area contributed by atoms with Gasteiger partial charge in [0, 0.05) is 6.42 Å². The highest BCUT2D eigenvalue weighted by Gasteiger charge is 2.09. The van der Waals surface area contributed by atoms with Crippen LogP contribution >= 0.6 is 11.3 Å². The lowest BCUT2D eigenvalue weighted by Crippen LogP contribution is -2.34. The van der Waals surface area contributed by atoms with E-state index in [4.69, 9.17) is 4.74 Å². The van der Waals surface area contributed by atoms with Gasteiger partial charge in [0.1, 0.15) is 10.6 Å². The van der Waals surface area contributed by atoms with Crippen molar-refractivity contribution in [1.29, 1.82) is 0 Å². The third-order valence-electron chi connectivity index (χ3n) is 4.67. The van der Waals surface area contributed by atoms with Gasteiger partial charge in [-0.1, -0.05) is 51.5 Å². The van der Waals surface area contributed by atoms with Gasteiger partial charge in [0.05, 0.1) is 12.8 Å². The number of hydrazone groups is 1. The number of rotatable bonds is 14. The Balaban J connectivity index is 1.59. The molecule has 0 atom stereocenters. The Morgan fingerprint density at radius 2 is 1.69 bits per heavy atom. The zero-order valence-corrected chi connectivity index (χ0v) is 19.3. The van der Waals surface area contributed by atoms with Gasteiger partial charge in [-0.3, -0.25) is 9.59 Å². The van der Waals surface area contributed by atoms with Crippen LogP contribution in [-0.4, -0.2) is 30.5 Å². The number of amides is 2. The van der Waals surface area contributed by atoms with Gasteiger partial charge in [-0.05, 0) is 47.7 Å². The predicted octanol–water partition coefficient (Wildman–Crippen LogP) is 4.67. The molecule has 0 aliphatic rings. The van der Waals surface area contributed by atoms with Crippen LogP contribution in [0.15, 0.2) is 46.9 Å². The molecule has 0 saturated heterocycles. The highest BCUT2D eigenvalue weighted by Crippen LogP contribution is 2.16. The number of thiophene rings is 1. The molecule has 2 rings (SSSR count). The van der Waals surface area contributed by atoms with Crippen molar-refractivity contribution in [2.45, 2.75) is 58.3 Å². The lowest BCUT2D eigenvalue weighted by molar-refractivity contribution is -0.126. The Bertz CT molecular complexity index is 864. The SMILES string of the molecule is CCCCCCCCCC(=O)NCC(=O)N/N=C/c1ccc(OC(=O)c2cccs2)cc1. The van der Waals surface area contributed by atoms with Gasteiger partial charge in [-0.2, -0.15) is 5.10 Å². The first-order valence-corrected chi connectivity index (χ1v) is 11.9. The molecular weight excluding hydrogens is 426 g/mol. The molecular formula is C24H31N3O4S. The maximum absolute atomic E-state index is 11.9. The number of hydrogen-bond donors (Lipinski definition) is 2. The highest BCUT2D eigenvalue weighted by molar-refractivity contribution is 7.12. The minimum atomic E-state index is -0.400. The Morgan fingerprint density at radius 3 is 2.38 bits per heavy atom. The third-order valence-corrected chi connectivity index (χ3v) is 5.52. The average Bonchev–Trinajstić information content (AvgIpc) is 3.33. The second-order valence-corrected chi connectivity index (χ2v) is 8.32. The normalized spacial score (nSPS) is 10.8. The number of nitrogens with zero attached hydrogens (tertiary/aromatic N) is 1. The monoisotopic (exact) mass is 457 g/mol. The summed E-state index contributed by atoms with van der Waals surface area (Å²) in [6.45, 7) is 2.08. The zero-order valence-electron chi connectivity index (χ0n) is 18.5. The number of carbonyl (C=O) groups is 3. The number of nitrogens with one attached hydrogen (secondary N) is 2. The van der Waals surface area contributed by atoms with E-state index in [1.165, 1.54) is 43.2 Å². The first-order chi connectivity index (χ1) is 15.6. The van der Waals surface area contributed by atoms with Crippen molar-refractivity contribution in [2.75, 3.05) is 6.54 Å². The molecule has 0 spiro atoms. The average molecular weight is 458 g/mol. The summed E-state index contributed by atoms with van der Waals surface area (Å²) in [5.41, 5.74) is 3.11. The zero-order chi connectivity index (χ0) is 23.0. The summed E-state index contributed by atoms with van der Waals surface area (Å²) in [7, 11) is 0. The molecule has 172 valence electrons. The van der Waals surface area contributed by atoms with Crippen LogP contribution in [0.25, 0.3) is 0 Å². The van der Waals surface area contributed by atoms with Crippen molar-refractivity contribution in [1.82, 2.24) is 10.7 Å². The first-order valence-electron chi connectivity index (χ1n) is 11.0. The Kier molecular flexibility index (Phi) is 11.8. The fourth-order valence-electron chi connectivity index (χ4n) is 2.90. The van der Waals surface area contributed by atoms with Crippen molar-refractivity contribution in [2.24, 2.45) is 5.10 Å². The van der Waals surface area contributed by atoms with Crippen LogP contribution in [0.2, 0.25) is 0 Å². The standard InChI is InChI=1S/C24H31N3O4S/c1-2-3-4-5-6-7-8-11-22(28)25-18-23(29)27-26-17-19-12-14-20(15-13-19)31-24(30)21-10-9-16-32-21/h9-10,12-17H,2-8,11,18H2,1H3,(H,25,28)(H,27,29)/b26-17+. The van der Waals surface area contributed by atoms with Gasteiger partial charge in [-0.15, -0.1) is 11.3 Å². The molecule has 0 radical (unpaired) electrons. The van der Waals surface area contributed by atoms with Crippen LogP contribution in [0.3, 0.4) is 0 Å². The van der Waals surface area contributed by atoms with E-state index in [1.807, 2.05) is 5.38 Å². The molecule has 2 aromatic rings.